The van der Waals surface area contributed by atoms with Crippen molar-refractivity contribution in [1.29, 1.82) is 0 Å². The lowest BCUT2D eigenvalue weighted by Crippen LogP contribution is -2.41. The highest BCUT2D eigenvalue weighted by molar-refractivity contribution is 7.98. The van der Waals surface area contributed by atoms with Crippen LogP contribution in [0.25, 0.3) is 0 Å². The summed E-state index contributed by atoms with van der Waals surface area (Å²) < 4.78 is 25.6. The van der Waals surface area contributed by atoms with Gasteiger partial charge in [0.15, 0.2) is 0 Å². The molecule has 0 atom stereocenters. The van der Waals surface area contributed by atoms with Crippen LogP contribution in [0.1, 0.15) is 16.7 Å². The zero-order valence-corrected chi connectivity index (χ0v) is 18.6. The fraction of sp³-hybridized carbons (Fsp3) is 0.350. The van der Waals surface area contributed by atoms with Crippen LogP contribution in [0.5, 0.6) is 0 Å². The van der Waals surface area contributed by atoms with E-state index in [4.69, 9.17) is 11.6 Å². The first-order valence-corrected chi connectivity index (χ1v) is 12.2. The highest BCUT2D eigenvalue weighted by Gasteiger charge is 2.22. The Balaban J connectivity index is 1.89. The number of benzene rings is 2. The molecule has 0 heterocycles. The van der Waals surface area contributed by atoms with Crippen LogP contribution < -0.4 is 9.62 Å². The highest BCUT2D eigenvalue weighted by Crippen LogP contribution is 2.24. The molecule has 2 aromatic carbocycles. The first-order valence-electron chi connectivity index (χ1n) is 8.81. The van der Waals surface area contributed by atoms with Crippen LogP contribution in [0, 0.1) is 13.8 Å². The largest absolute Gasteiger partial charge is 0.354 e. The van der Waals surface area contributed by atoms with E-state index in [1.165, 1.54) is 0 Å². The fourth-order valence-corrected chi connectivity index (χ4v) is 4.67. The molecule has 0 aliphatic rings. The zero-order chi connectivity index (χ0) is 20.7. The molecule has 0 fully saturated rings. The van der Waals surface area contributed by atoms with Gasteiger partial charge in [0.05, 0.1) is 11.9 Å². The molecule has 0 aliphatic carbocycles. The lowest BCUT2D eigenvalue weighted by molar-refractivity contribution is -0.119. The molecule has 5 nitrogen and oxygen atoms in total. The van der Waals surface area contributed by atoms with E-state index in [0.717, 1.165) is 38.0 Å². The predicted molar refractivity (Wildman–Crippen MR) is 119 cm³/mol. The van der Waals surface area contributed by atoms with E-state index in [1.807, 2.05) is 50.2 Å². The molecule has 8 heteroatoms. The van der Waals surface area contributed by atoms with Crippen LogP contribution in [0.4, 0.5) is 5.69 Å². The molecular weight excluding hydrogens is 416 g/mol. The van der Waals surface area contributed by atoms with Crippen LogP contribution in [-0.2, 0) is 20.6 Å². The van der Waals surface area contributed by atoms with Crippen molar-refractivity contribution in [2.75, 3.05) is 29.4 Å². The van der Waals surface area contributed by atoms with Crippen molar-refractivity contribution in [1.82, 2.24) is 5.32 Å². The Bertz CT molecular complexity index is 933. The Kier molecular flexibility index (Phi) is 8.22. The van der Waals surface area contributed by atoms with Crippen LogP contribution in [-0.4, -0.2) is 39.4 Å². The van der Waals surface area contributed by atoms with E-state index in [-0.39, 0.29) is 12.5 Å². The number of carbonyl (C=O) groups excluding carboxylic acids is 1. The molecule has 0 aromatic heterocycles. The number of nitrogens with one attached hydrogen (secondary N) is 1. The van der Waals surface area contributed by atoms with E-state index in [9.17, 15) is 13.2 Å². The smallest absolute Gasteiger partial charge is 0.240 e. The number of sulfonamides is 1. The Morgan fingerprint density at radius 2 is 1.89 bits per heavy atom. The quantitative estimate of drug-likeness (QED) is 0.602. The van der Waals surface area contributed by atoms with Gasteiger partial charge in [-0.1, -0.05) is 41.9 Å². The Morgan fingerprint density at radius 1 is 1.18 bits per heavy atom. The number of hydrogen-bond acceptors (Lipinski definition) is 4. The summed E-state index contributed by atoms with van der Waals surface area (Å²) in [7, 11) is -3.58. The van der Waals surface area contributed by atoms with Gasteiger partial charge in [-0.15, -0.1) is 0 Å². The minimum atomic E-state index is -3.58. The van der Waals surface area contributed by atoms with Crippen molar-refractivity contribution in [3.63, 3.8) is 0 Å². The summed E-state index contributed by atoms with van der Waals surface area (Å²) in [6, 6.07) is 13.2. The van der Waals surface area contributed by atoms with E-state index >= 15 is 0 Å². The molecule has 0 bridgehead atoms. The molecule has 0 spiro atoms. The summed E-state index contributed by atoms with van der Waals surface area (Å²) in [6.45, 7) is 3.94. The van der Waals surface area contributed by atoms with Crippen molar-refractivity contribution in [2.24, 2.45) is 0 Å². The van der Waals surface area contributed by atoms with Crippen molar-refractivity contribution in [2.45, 2.75) is 19.6 Å². The first-order chi connectivity index (χ1) is 13.2. The second-order valence-electron chi connectivity index (χ2n) is 6.55. The van der Waals surface area contributed by atoms with Gasteiger partial charge in [0.1, 0.15) is 6.54 Å². The summed E-state index contributed by atoms with van der Waals surface area (Å²) in [6.07, 6.45) is 1.11. The summed E-state index contributed by atoms with van der Waals surface area (Å²) in [4.78, 5) is 12.3. The Morgan fingerprint density at radius 3 is 2.57 bits per heavy atom. The molecule has 1 N–H and O–H groups in total. The average molecular weight is 441 g/mol. The van der Waals surface area contributed by atoms with Crippen LogP contribution in [0.2, 0.25) is 5.02 Å². The Labute approximate surface area is 176 Å². The number of halogens is 1. The van der Waals surface area contributed by atoms with Gasteiger partial charge in [0.2, 0.25) is 15.9 Å². The van der Waals surface area contributed by atoms with Crippen LogP contribution >= 0.6 is 23.4 Å². The molecule has 0 saturated heterocycles. The molecule has 2 rings (SSSR count). The van der Waals surface area contributed by atoms with Gasteiger partial charge in [-0.25, -0.2) is 8.42 Å². The molecular formula is C20H25ClN2O3S2. The number of carbonyl (C=O) groups is 1. The minimum Gasteiger partial charge on any atom is -0.354 e. The molecule has 1 amide bonds. The third-order valence-electron chi connectivity index (χ3n) is 4.10. The molecule has 28 heavy (non-hydrogen) atoms. The molecule has 0 aliphatic heterocycles. The number of amides is 1. The molecule has 0 saturated carbocycles. The van der Waals surface area contributed by atoms with Gasteiger partial charge in [-0.2, -0.15) is 11.8 Å². The maximum atomic E-state index is 12.3. The lowest BCUT2D eigenvalue weighted by atomic mass is 10.1. The van der Waals surface area contributed by atoms with Crippen LogP contribution in [0.3, 0.4) is 0 Å². The van der Waals surface area contributed by atoms with Gasteiger partial charge in [0, 0.05) is 23.1 Å². The Hall–Kier alpha value is -1.70. The van der Waals surface area contributed by atoms with E-state index in [2.05, 4.69) is 5.32 Å². The number of anilines is 1. The van der Waals surface area contributed by atoms with Crippen LogP contribution in [0.15, 0.2) is 42.5 Å². The number of aryl methyl sites for hydroxylation is 2. The highest BCUT2D eigenvalue weighted by atomic mass is 35.5. The lowest BCUT2D eigenvalue weighted by Gasteiger charge is -2.24. The van der Waals surface area contributed by atoms with Gasteiger partial charge in [-0.3, -0.25) is 9.10 Å². The fourth-order valence-electron chi connectivity index (χ4n) is 2.62. The number of thioether (sulfide) groups is 1. The van der Waals surface area contributed by atoms with E-state index < -0.39 is 10.0 Å². The predicted octanol–water partition coefficient (Wildman–Crippen LogP) is 3.77. The summed E-state index contributed by atoms with van der Waals surface area (Å²) >= 11 is 7.78. The van der Waals surface area contributed by atoms with E-state index in [0.29, 0.717) is 18.0 Å². The third kappa shape index (κ3) is 6.72. The van der Waals surface area contributed by atoms with Crippen molar-refractivity contribution < 1.29 is 13.2 Å². The second kappa shape index (κ2) is 10.2. The molecule has 0 radical (unpaired) electrons. The van der Waals surface area contributed by atoms with Gasteiger partial charge in [-0.05, 0) is 42.7 Å². The van der Waals surface area contributed by atoms with Crippen molar-refractivity contribution in [3.8, 4) is 0 Å². The standard InChI is InChI=1S/C20H25ClN2O3S2/c1-15-8-9-16(2)19(12-15)23(28(3,25)26)13-20(24)22-10-11-27-14-17-6-4-5-7-18(17)21/h4-9,12H,10-11,13-14H2,1-3H3,(H,22,24). The van der Waals surface area contributed by atoms with Crippen molar-refractivity contribution >= 4 is 45.0 Å². The van der Waals surface area contributed by atoms with Gasteiger partial charge < -0.3 is 5.32 Å². The zero-order valence-electron chi connectivity index (χ0n) is 16.2. The monoisotopic (exact) mass is 440 g/mol. The number of nitrogens with zero attached hydrogens (tertiary/aromatic N) is 1. The average Bonchev–Trinajstić information content (AvgIpc) is 2.62. The van der Waals surface area contributed by atoms with Gasteiger partial charge in [0.25, 0.3) is 0 Å². The first kappa shape index (κ1) is 22.6. The maximum Gasteiger partial charge on any atom is 0.240 e. The SMILES string of the molecule is Cc1ccc(C)c(N(CC(=O)NCCSCc2ccccc2Cl)S(C)(=O)=O)c1. The second-order valence-corrected chi connectivity index (χ2v) is 9.97. The number of rotatable bonds is 9. The van der Waals surface area contributed by atoms with Crippen molar-refractivity contribution in [3.05, 3.63) is 64.2 Å². The van der Waals surface area contributed by atoms with Gasteiger partial charge >= 0.3 is 0 Å². The molecule has 2 aromatic rings. The topological polar surface area (TPSA) is 66.5 Å². The van der Waals surface area contributed by atoms with E-state index in [1.54, 1.807) is 17.8 Å². The minimum absolute atomic E-state index is 0.238. The summed E-state index contributed by atoms with van der Waals surface area (Å²) in [5.41, 5.74) is 3.33. The molecule has 152 valence electrons. The summed E-state index contributed by atoms with van der Waals surface area (Å²) in [5, 5.41) is 3.52. The molecule has 0 unspecified atom stereocenters. The third-order valence-corrected chi connectivity index (χ3v) is 6.61. The maximum absolute atomic E-state index is 12.3. The normalized spacial score (nSPS) is 11.3. The number of hydrogen-bond donors (Lipinski definition) is 1. The summed E-state index contributed by atoms with van der Waals surface area (Å²) in [5.74, 6) is 1.14.